The third kappa shape index (κ3) is 1.53. The Kier molecular flexibility index (Phi) is 2.69. The standard InChI is InChI=1S/C9H12N2O3/c1-5-7(6(2)11(3)10-5)8(12)9(13)14-4/h1-4H3. The number of aromatic nitrogens is 2. The SMILES string of the molecule is COC(=O)C(=O)c1c(C)nn(C)c1C. The summed E-state index contributed by atoms with van der Waals surface area (Å²) in [6.45, 7) is 3.42. The van der Waals surface area contributed by atoms with E-state index >= 15 is 0 Å². The fraction of sp³-hybridized carbons (Fsp3) is 0.444. The Balaban J connectivity index is 3.19. The zero-order chi connectivity index (χ0) is 10.9. The minimum absolute atomic E-state index is 0.333. The van der Waals surface area contributed by atoms with Gasteiger partial charge in [-0.1, -0.05) is 0 Å². The molecule has 0 saturated heterocycles. The first kappa shape index (κ1) is 10.4. The quantitative estimate of drug-likeness (QED) is 0.390. The monoisotopic (exact) mass is 196 g/mol. The van der Waals surface area contributed by atoms with Crippen LogP contribution < -0.4 is 0 Å². The van der Waals surface area contributed by atoms with Gasteiger partial charge in [0.05, 0.1) is 18.4 Å². The molecule has 14 heavy (non-hydrogen) atoms. The lowest BCUT2D eigenvalue weighted by atomic mass is 10.1. The maximum Gasteiger partial charge on any atom is 0.379 e. The van der Waals surface area contributed by atoms with Gasteiger partial charge in [-0.25, -0.2) is 4.79 Å². The molecular weight excluding hydrogens is 184 g/mol. The van der Waals surface area contributed by atoms with Crippen molar-refractivity contribution in [2.24, 2.45) is 7.05 Å². The summed E-state index contributed by atoms with van der Waals surface area (Å²) in [7, 11) is 2.90. The van der Waals surface area contributed by atoms with Crippen LogP contribution in [-0.4, -0.2) is 28.6 Å². The zero-order valence-electron chi connectivity index (χ0n) is 8.62. The first-order chi connectivity index (χ1) is 6.49. The van der Waals surface area contributed by atoms with Crippen molar-refractivity contribution in [1.82, 2.24) is 9.78 Å². The van der Waals surface area contributed by atoms with Crippen LogP contribution in [0.4, 0.5) is 0 Å². The number of nitrogens with zero attached hydrogens (tertiary/aromatic N) is 2. The van der Waals surface area contributed by atoms with Gasteiger partial charge in [-0.05, 0) is 13.8 Å². The lowest BCUT2D eigenvalue weighted by Gasteiger charge is -1.98. The molecule has 5 heteroatoms. The van der Waals surface area contributed by atoms with Crippen molar-refractivity contribution in [2.75, 3.05) is 7.11 Å². The second kappa shape index (κ2) is 3.61. The molecule has 0 N–H and O–H groups in total. The Morgan fingerprint density at radius 1 is 1.36 bits per heavy atom. The Morgan fingerprint density at radius 3 is 2.29 bits per heavy atom. The summed E-state index contributed by atoms with van der Waals surface area (Å²) in [5, 5.41) is 4.04. The van der Waals surface area contributed by atoms with Crippen LogP contribution in [0.15, 0.2) is 0 Å². The summed E-state index contributed by atoms with van der Waals surface area (Å²) in [6, 6.07) is 0. The van der Waals surface area contributed by atoms with Gasteiger partial charge in [-0.3, -0.25) is 9.48 Å². The maximum atomic E-state index is 11.5. The first-order valence-electron chi connectivity index (χ1n) is 4.12. The van der Waals surface area contributed by atoms with E-state index in [2.05, 4.69) is 9.84 Å². The van der Waals surface area contributed by atoms with Crippen molar-refractivity contribution in [3.05, 3.63) is 17.0 Å². The van der Waals surface area contributed by atoms with Crippen LogP contribution in [-0.2, 0) is 16.6 Å². The molecule has 0 amide bonds. The van der Waals surface area contributed by atoms with E-state index < -0.39 is 11.8 Å². The minimum atomic E-state index is -0.857. The molecule has 0 atom stereocenters. The van der Waals surface area contributed by atoms with Crippen LogP contribution in [0.2, 0.25) is 0 Å². The molecule has 0 aliphatic heterocycles. The lowest BCUT2D eigenvalue weighted by molar-refractivity contribution is -0.135. The number of hydrogen-bond donors (Lipinski definition) is 0. The van der Waals surface area contributed by atoms with E-state index in [1.165, 1.54) is 7.11 Å². The summed E-state index contributed by atoms with van der Waals surface area (Å²) in [4.78, 5) is 22.5. The van der Waals surface area contributed by atoms with Crippen molar-refractivity contribution in [2.45, 2.75) is 13.8 Å². The highest BCUT2D eigenvalue weighted by Crippen LogP contribution is 2.12. The Hall–Kier alpha value is -1.65. The van der Waals surface area contributed by atoms with Crippen molar-refractivity contribution < 1.29 is 14.3 Å². The highest BCUT2D eigenvalue weighted by atomic mass is 16.5. The van der Waals surface area contributed by atoms with Crippen LogP contribution >= 0.6 is 0 Å². The number of ketones is 1. The molecule has 0 unspecified atom stereocenters. The van der Waals surface area contributed by atoms with Crippen LogP contribution in [0.1, 0.15) is 21.7 Å². The third-order valence-corrected chi connectivity index (χ3v) is 2.11. The number of rotatable bonds is 2. The fourth-order valence-corrected chi connectivity index (χ4v) is 1.30. The van der Waals surface area contributed by atoms with E-state index in [4.69, 9.17) is 0 Å². The van der Waals surface area contributed by atoms with Gasteiger partial charge in [0.1, 0.15) is 0 Å². The second-order valence-corrected chi connectivity index (χ2v) is 2.99. The highest BCUT2D eigenvalue weighted by molar-refractivity contribution is 6.41. The largest absolute Gasteiger partial charge is 0.463 e. The molecule has 0 aliphatic rings. The molecule has 0 aromatic carbocycles. The third-order valence-electron chi connectivity index (χ3n) is 2.11. The normalized spacial score (nSPS) is 10.0. The molecule has 0 bridgehead atoms. The van der Waals surface area contributed by atoms with E-state index in [9.17, 15) is 9.59 Å². The average Bonchev–Trinajstić information content (AvgIpc) is 2.39. The smallest absolute Gasteiger partial charge is 0.379 e. The molecule has 1 heterocycles. The van der Waals surface area contributed by atoms with Crippen molar-refractivity contribution >= 4 is 11.8 Å². The molecule has 76 valence electrons. The number of ether oxygens (including phenoxy) is 1. The number of hydrogen-bond acceptors (Lipinski definition) is 4. The molecule has 1 aromatic rings. The Labute approximate surface area is 81.7 Å². The molecule has 0 radical (unpaired) electrons. The Bertz CT molecular complexity index is 393. The number of carbonyl (C=O) groups is 2. The maximum absolute atomic E-state index is 11.5. The molecule has 1 aromatic heterocycles. The predicted octanol–water partition coefficient (Wildman–Crippen LogP) is 0.393. The van der Waals surface area contributed by atoms with Crippen molar-refractivity contribution in [3.8, 4) is 0 Å². The van der Waals surface area contributed by atoms with Gasteiger partial charge in [0, 0.05) is 12.7 Å². The van der Waals surface area contributed by atoms with Gasteiger partial charge in [-0.2, -0.15) is 5.10 Å². The molecule has 0 spiro atoms. The second-order valence-electron chi connectivity index (χ2n) is 2.99. The minimum Gasteiger partial charge on any atom is -0.463 e. The topological polar surface area (TPSA) is 61.2 Å². The molecule has 0 aliphatic carbocycles. The summed E-state index contributed by atoms with van der Waals surface area (Å²) in [5.41, 5.74) is 1.54. The summed E-state index contributed by atoms with van der Waals surface area (Å²) >= 11 is 0. The van der Waals surface area contributed by atoms with Gasteiger partial charge >= 0.3 is 5.97 Å². The molecule has 0 fully saturated rings. The van der Waals surface area contributed by atoms with E-state index in [0.717, 1.165) is 0 Å². The van der Waals surface area contributed by atoms with Crippen LogP contribution in [0.5, 0.6) is 0 Å². The molecule has 1 rings (SSSR count). The highest BCUT2D eigenvalue weighted by Gasteiger charge is 2.24. The number of aryl methyl sites for hydroxylation is 2. The first-order valence-corrected chi connectivity index (χ1v) is 4.12. The number of methoxy groups -OCH3 is 1. The number of carbonyl (C=O) groups excluding carboxylic acids is 2. The molecule has 0 saturated carbocycles. The lowest BCUT2D eigenvalue weighted by Crippen LogP contribution is -2.17. The average molecular weight is 196 g/mol. The Morgan fingerprint density at radius 2 is 1.93 bits per heavy atom. The number of esters is 1. The summed E-state index contributed by atoms with van der Waals surface area (Å²) in [5.74, 6) is -1.50. The van der Waals surface area contributed by atoms with Crippen LogP contribution in [0.25, 0.3) is 0 Å². The predicted molar refractivity (Wildman–Crippen MR) is 49.0 cm³/mol. The van der Waals surface area contributed by atoms with E-state index in [-0.39, 0.29) is 0 Å². The molecule has 5 nitrogen and oxygen atoms in total. The van der Waals surface area contributed by atoms with Crippen LogP contribution in [0, 0.1) is 13.8 Å². The van der Waals surface area contributed by atoms with Gasteiger partial charge in [-0.15, -0.1) is 0 Å². The zero-order valence-corrected chi connectivity index (χ0v) is 8.62. The van der Waals surface area contributed by atoms with Gasteiger partial charge in [0.2, 0.25) is 0 Å². The van der Waals surface area contributed by atoms with Gasteiger partial charge in [0.25, 0.3) is 5.78 Å². The van der Waals surface area contributed by atoms with E-state index in [1.807, 2.05) is 0 Å². The van der Waals surface area contributed by atoms with Crippen LogP contribution in [0.3, 0.4) is 0 Å². The summed E-state index contributed by atoms with van der Waals surface area (Å²) in [6.07, 6.45) is 0. The van der Waals surface area contributed by atoms with Gasteiger partial charge in [0.15, 0.2) is 0 Å². The van der Waals surface area contributed by atoms with Crippen molar-refractivity contribution in [1.29, 1.82) is 0 Å². The van der Waals surface area contributed by atoms with E-state index in [0.29, 0.717) is 17.0 Å². The number of Topliss-reactive ketones (excluding diaryl/α,β-unsaturated/α-hetero) is 1. The molecular formula is C9H12N2O3. The van der Waals surface area contributed by atoms with E-state index in [1.54, 1.807) is 25.6 Å². The fourth-order valence-electron chi connectivity index (χ4n) is 1.30. The summed E-state index contributed by atoms with van der Waals surface area (Å²) < 4.78 is 5.92. The van der Waals surface area contributed by atoms with Crippen molar-refractivity contribution in [3.63, 3.8) is 0 Å². The van der Waals surface area contributed by atoms with Gasteiger partial charge < -0.3 is 4.74 Å².